The van der Waals surface area contributed by atoms with Gasteiger partial charge in [0.05, 0.1) is 0 Å². The monoisotopic (exact) mass is 337 g/mol. The molecule has 1 N–H and O–H groups in total. The molecule has 96 valence electrons. The average molecular weight is 339 g/mol. The molecule has 1 heterocycles. The van der Waals surface area contributed by atoms with E-state index in [4.69, 9.17) is 16.0 Å². The summed E-state index contributed by atoms with van der Waals surface area (Å²) in [5.74, 6) is -1.39. The van der Waals surface area contributed by atoms with Gasteiger partial charge < -0.3 is 9.73 Å². The second kappa shape index (κ2) is 5.19. The number of nitrogens with one attached hydrogen (secondary N) is 1. The summed E-state index contributed by atoms with van der Waals surface area (Å²) in [6.45, 7) is 1.64. The second-order valence-corrected chi connectivity index (χ2v) is 5.00. The number of nitrogens with zero attached hydrogens (tertiary/aromatic N) is 2. The van der Waals surface area contributed by atoms with Crippen LogP contribution >= 0.6 is 27.5 Å². The molecule has 0 spiro atoms. The van der Waals surface area contributed by atoms with Crippen LogP contribution in [0.1, 0.15) is 18.2 Å². The first-order chi connectivity index (χ1) is 8.47. The minimum atomic E-state index is -0.777. The van der Waals surface area contributed by atoms with Crippen LogP contribution in [0.25, 0.3) is 0 Å². The Hall–Kier alpha value is -1.21. The first-order valence-corrected chi connectivity index (χ1v) is 6.09. The van der Waals surface area contributed by atoms with Gasteiger partial charge in [0.25, 0.3) is 0 Å². The number of halogens is 4. The molecule has 2 rings (SSSR count). The lowest BCUT2D eigenvalue weighted by atomic mass is 10.3. The summed E-state index contributed by atoms with van der Waals surface area (Å²) >= 11 is 8.70. The Labute approximate surface area is 114 Å². The first kappa shape index (κ1) is 13.2. The minimum absolute atomic E-state index is 0.127. The summed E-state index contributed by atoms with van der Waals surface area (Å²) < 4.78 is 32.4. The van der Waals surface area contributed by atoms with E-state index in [1.807, 2.05) is 0 Å². The zero-order valence-corrected chi connectivity index (χ0v) is 11.4. The SMILES string of the molecule is CC(Cl)c1nnc(Nc2c(F)cc(Br)cc2F)o1. The van der Waals surface area contributed by atoms with Crippen LogP contribution in [0.3, 0.4) is 0 Å². The number of anilines is 2. The standard InChI is InChI=1S/C10H7BrClF2N3O/c1-4(12)9-16-17-10(18-9)15-8-6(13)2-5(11)3-7(8)14/h2-4H,1H3,(H,15,17). The molecule has 4 nitrogen and oxygen atoms in total. The van der Waals surface area contributed by atoms with Crippen molar-refractivity contribution in [2.45, 2.75) is 12.3 Å². The minimum Gasteiger partial charge on any atom is -0.406 e. The van der Waals surface area contributed by atoms with Gasteiger partial charge in [-0.3, -0.25) is 0 Å². The van der Waals surface area contributed by atoms with Crippen LogP contribution in [-0.4, -0.2) is 10.2 Å². The van der Waals surface area contributed by atoms with Gasteiger partial charge in [-0.1, -0.05) is 21.0 Å². The van der Waals surface area contributed by atoms with Crippen LogP contribution in [0.5, 0.6) is 0 Å². The van der Waals surface area contributed by atoms with E-state index in [1.165, 1.54) is 0 Å². The van der Waals surface area contributed by atoms with Crippen molar-refractivity contribution >= 4 is 39.2 Å². The van der Waals surface area contributed by atoms with Crippen molar-refractivity contribution in [2.75, 3.05) is 5.32 Å². The lowest BCUT2D eigenvalue weighted by Crippen LogP contribution is -1.98. The highest BCUT2D eigenvalue weighted by Gasteiger charge is 2.15. The molecule has 0 aliphatic carbocycles. The molecule has 0 saturated heterocycles. The maximum absolute atomic E-state index is 13.5. The number of hydrogen-bond acceptors (Lipinski definition) is 4. The molecule has 0 aliphatic rings. The summed E-state index contributed by atoms with van der Waals surface area (Å²) in [6, 6.07) is 2.11. The predicted molar refractivity (Wildman–Crippen MR) is 65.9 cm³/mol. The number of benzene rings is 1. The molecule has 0 bridgehead atoms. The summed E-state index contributed by atoms with van der Waals surface area (Å²) in [6.07, 6.45) is 0. The fourth-order valence-electron chi connectivity index (χ4n) is 1.21. The summed E-state index contributed by atoms with van der Waals surface area (Å²) in [4.78, 5) is 0. The number of hydrogen-bond donors (Lipinski definition) is 1. The Morgan fingerprint density at radius 3 is 2.44 bits per heavy atom. The molecular formula is C10H7BrClF2N3O. The van der Waals surface area contributed by atoms with Crippen LogP contribution in [0.15, 0.2) is 21.0 Å². The van der Waals surface area contributed by atoms with Crippen LogP contribution in [0.4, 0.5) is 20.5 Å². The van der Waals surface area contributed by atoms with Gasteiger partial charge >= 0.3 is 6.01 Å². The van der Waals surface area contributed by atoms with Crippen molar-refractivity contribution in [3.05, 3.63) is 34.1 Å². The molecule has 0 aliphatic heterocycles. The molecule has 2 aromatic rings. The first-order valence-electron chi connectivity index (χ1n) is 4.86. The highest BCUT2D eigenvalue weighted by atomic mass is 79.9. The molecule has 1 aromatic heterocycles. The smallest absolute Gasteiger partial charge is 0.320 e. The second-order valence-electron chi connectivity index (χ2n) is 3.43. The third kappa shape index (κ3) is 2.78. The molecule has 1 aromatic carbocycles. The van der Waals surface area contributed by atoms with E-state index in [0.717, 1.165) is 12.1 Å². The Balaban J connectivity index is 2.28. The molecule has 0 amide bonds. The lowest BCUT2D eigenvalue weighted by molar-refractivity contribution is 0.507. The fraction of sp³-hybridized carbons (Fsp3) is 0.200. The maximum Gasteiger partial charge on any atom is 0.320 e. The van der Waals surface area contributed by atoms with Crippen molar-refractivity contribution in [3.63, 3.8) is 0 Å². The fourth-order valence-corrected chi connectivity index (χ4v) is 1.70. The van der Waals surface area contributed by atoms with Crippen molar-refractivity contribution in [3.8, 4) is 0 Å². The van der Waals surface area contributed by atoms with Gasteiger partial charge in [-0.2, -0.15) is 0 Å². The van der Waals surface area contributed by atoms with Crippen LogP contribution < -0.4 is 5.32 Å². The van der Waals surface area contributed by atoms with Gasteiger partial charge in [-0.15, -0.1) is 16.7 Å². The summed E-state index contributed by atoms with van der Waals surface area (Å²) in [5, 5.41) is 9.10. The van der Waals surface area contributed by atoms with Crippen LogP contribution in [0, 0.1) is 11.6 Å². The van der Waals surface area contributed by atoms with Crippen LogP contribution in [-0.2, 0) is 0 Å². The average Bonchev–Trinajstić information content (AvgIpc) is 2.71. The lowest BCUT2D eigenvalue weighted by Gasteiger charge is -2.05. The van der Waals surface area contributed by atoms with E-state index >= 15 is 0 Å². The maximum atomic E-state index is 13.5. The van der Waals surface area contributed by atoms with Crippen molar-refractivity contribution in [1.82, 2.24) is 10.2 Å². The molecule has 0 saturated carbocycles. The van der Waals surface area contributed by atoms with Crippen molar-refractivity contribution in [2.24, 2.45) is 0 Å². The number of alkyl halides is 1. The van der Waals surface area contributed by atoms with Gasteiger partial charge in [0.2, 0.25) is 5.89 Å². The van der Waals surface area contributed by atoms with Gasteiger partial charge in [-0.25, -0.2) is 8.78 Å². The zero-order valence-electron chi connectivity index (χ0n) is 9.05. The third-order valence-corrected chi connectivity index (χ3v) is 2.66. The van der Waals surface area contributed by atoms with E-state index in [1.54, 1.807) is 6.92 Å². The van der Waals surface area contributed by atoms with E-state index < -0.39 is 17.0 Å². The van der Waals surface area contributed by atoms with Crippen molar-refractivity contribution < 1.29 is 13.2 Å². The summed E-state index contributed by atoms with van der Waals surface area (Å²) in [5.41, 5.74) is -0.365. The Bertz CT molecular complexity index is 553. The third-order valence-electron chi connectivity index (χ3n) is 2.02. The molecule has 18 heavy (non-hydrogen) atoms. The largest absolute Gasteiger partial charge is 0.406 e. The molecule has 8 heteroatoms. The molecular weight excluding hydrogens is 331 g/mol. The molecule has 1 atom stereocenters. The topological polar surface area (TPSA) is 51.0 Å². The summed E-state index contributed by atoms with van der Waals surface area (Å²) in [7, 11) is 0. The van der Waals surface area contributed by atoms with E-state index in [2.05, 4.69) is 31.4 Å². The Morgan fingerprint density at radius 2 is 1.94 bits per heavy atom. The van der Waals surface area contributed by atoms with Crippen LogP contribution in [0.2, 0.25) is 0 Å². The Morgan fingerprint density at radius 1 is 1.33 bits per heavy atom. The predicted octanol–water partition coefficient (Wildman–Crippen LogP) is 4.15. The molecule has 0 radical (unpaired) electrons. The Kier molecular flexibility index (Phi) is 3.82. The van der Waals surface area contributed by atoms with Gasteiger partial charge in [0.15, 0.2) is 11.6 Å². The highest BCUT2D eigenvalue weighted by molar-refractivity contribution is 9.10. The van der Waals surface area contributed by atoms with E-state index in [9.17, 15) is 8.78 Å². The number of rotatable bonds is 3. The highest BCUT2D eigenvalue weighted by Crippen LogP contribution is 2.27. The molecule has 1 unspecified atom stereocenters. The number of aromatic nitrogens is 2. The van der Waals surface area contributed by atoms with E-state index in [-0.39, 0.29) is 17.6 Å². The van der Waals surface area contributed by atoms with Gasteiger partial charge in [0.1, 0.15) is 11.1 Å². The molecule has 0 fully saturated rings. The normalized spacial score (nSPS) is 12.5. The zero-order chi connectivity index (χ0) is 13.3. The van der Waals surface area contributed by atoms with Gasteiger partial charge in [-0.05, 0) is 19.1 Å². The van der Waals surface area contributed by atoms with E-state index in [0.29, 0.717) is 4.47 Å². The van der Waals surface area contributed by atoms with Crippen molar-refractivity contribution in [1.29, 1.82) is 0 Å². The van der Waals surface area contributed by atoms with Gasteiger partial charge in [0, 0.05) is 4.47 Å². The quantitative estimate of drug-likeness (QED) is 0.854.